The predicted octanol–water partition coefficient (Wildman–Crippen LogP) is 0.705. The average molecular weight is 242 g/mol. The topological polar surface area (TPSA) is 75.8 Å². The van der Waals surface area contributed by atoms with E-state index in [4.69, 9.17) is 10.5 Å². The summed E-state index contributed by atoms with van der Waals surface area (Å²) in [7, 11) is 0. The highest BCUT2D eigenvalue weighted by Gasteiger charge is 2.52. The molecule has 2 atom stereocenters. The van der Waals surface area contributed by atoms with Crippen molar-refractivity contribution < 1.29 is 14.6 Å². The van der Waals surface area contributed by atoms with Crippen LogP contribution in [0.4, 0.5) is 4.79 Å². The lowest BCUT2D eigenvalue weighted by molar-refractivity contribution is -0.0359. The first-order valence-corrected chi connectivity index (χ1v) is 6.12. The van der Waals surface area contributed by atoms with Crippen molar-refractivity contribution in [3.63, 3.8) is 0 Å². The number of nitrogens with two attached hydrogens (primary N) is 1. The van der Waals surface area contributed by atoms with Crippen molar-refractivity contribution >= 4 is 6.09 Å². The summed E-state index contributed by atoms with van der Waals surface area (Å²) in [6.45, 7) is 6.89. The first-order valence-electron chi connectivity index (χ1n) is 6.12. The molecule has 2 fully saturated rings. The predicted molar refractivity (Wildman–Crippen MR) is 63.5 cm³/mol. The number of hydrogen-bond acceptors (Lipinski definition) is 4. The van der Waals surface area contributed by atoms with Crippen LogP contribution in [0.5, 0.6) is 0 Å². The van der Waals surface area contributed by atoms with Crippen molar-refractivity contribution in [2.24, 2.45) is 11.1 Å². The summed E-state index contributed by atoms with van der Waals surface area (Å²) in [4.78, 5) is 13.4. The maximum Gasteiger partial charge on any atom is 0.410 e. The third kappa shape index (κ3) is 2.55. The van der Waals surface area contributed by atoms with Crippen LogP contribution in [0.3, 0.4) is 0 Å². The molecule has 1 aliphatic heterocycles. The molecule has 2 rings (SSSR count). The van der Waals surface area contributed by atoms with Gasteiger partial charge in [0.2, 0.25) is 0 Å². The molecule has 1 heterocycles. The number of carbonyl (C=O) groups is 1. The van der Waals surface area contributed by atoms with E-state index in [2.05, 4.69) is 0 Å². The minimum atomic E-state index is -0.453. The Bertz CT molecular complexity index is 306. The molecule has 0 aromatic carbocycles. The second-order valence-electron chi connectivity index (χ2n) is 6.48. The van der Waals surface area contributed by atoms with Crippen molar-refractivity contribution in [2.75, 3.05) is 13.1 Å². The van der Waals surface area contributed by atoms with E-state index in [-0.39, 0.29) is 17.6 Å². The Morgan fingerprint density at radius 2 is 2.00 bits per heavy atom. The van der Waals surface area contributed by atoms with Crippen molar-refractivity contribution in [1.29, 1.82) is 0 Å². The van der Waals surface area contributed by atoms with Gasteiger partial charge in [-0.05, 0) is 33.6 Å². The van der Waals surface area contributed by atoms with Crippen LogP contribution in [-0.4, -0.2) is 46.9 Å². The monoisotopic (exact) mass is 242 g/mol. The van der Waals surface area contributed by atoms with Crippen LogP contribution in [0.1, 0.15) is 33.6 Å². The van der Waals surface area contributed by atoms with Gasteiger partial charge < -0.3 is 20.5 Å². The highest BCUT2D eigenvalue weighted by atomic mass is 16.6. The standard InChI is InChI=1S/C12H22N2O3/c1-11(2,3)17-10(16)14-6-12(7-14)4-8(13)9(15)5-12/h8-9,15H,4-7,13H2,1-3H3/t8-,9-/m0/s1. The van der Waals surface area contributed by atoms with Gasteiger partial charge in [-0.15, -0.1) is 0 Å². The molecule has 1 saturated carbocycles. The lowest BCUT2D eigenvalue weighted by Gasteiger charge is -2.48. The van der Waals surface area contributed by atoms with Crippen LogP contribution in [0.15, 0.2) is 0 Å². The number of aliphatic hydroxyl groups is 1. The average Bonchev–Trinajstić information content (AvgIpc) is 2.37. The Balaban J connectivity index is 1.85. The molecule has 2 aliphatic rings. The third-order valence-electron chi connectivity index (χ3n) is 3.51. The molecule has 1 amide bonds. The quantitative estimate of drug-likeness (QED) is 0.656. The number of hydrogen-bond donors (Lipinski definition) is 2. The fourth-order valence-corrected chi connectivity index (χ4v) is 2.79. The molecule has 1 aliphatic carbocycles. The minimum absolute atomic E-state index is 0.0374. The first-order chi connectivity index (χ1) is 7.71. The third-order valence-corrected chi connectivity index (χ3v) is 3.51. The minimum Gasteiger partial charge on any atom is -0.444 e. The maximum atomic E-state index is 11.8. The second kappa shape index (κ2) is 3.85. The zero-order valence-corrected chi connectivity index (χ0v) is 10.8. The maximum absolute atomic E-state index is 11.8. The largest absolute Gasteiger partial charge is 0.444 e. The second-order valence-corrected chi connectivity index (χ2v) is 6.48. The lowest BCUT2D eigenvalue weighted by Crippen LogP contribution is -2.58. The number of aliphatic hydroxyl groups excluding tert-OH is 1. The van der Waals surface area contributed by atoms with Crippen molar-refractivity contribution in [1.82, 2.24) is 4.90 Å². The molecule has 1 spiro atoms. The summed E-state index contributed by atoms with van der Waals surface area (Å²) in [5.41, 5.74) is 5.39. The normalized spacial score (nSPS) is 31.5. The zero-order chi connectivity index (χ0) is 12.8. The van der Waals surface area contributed by atoms with Gasteiger partial charge >= 0.3 is 6.09 Å². The highest BCUT2D eigenvalue weighted by molar-refractivity contribution is 5.69. The molecular formula is C12H22N2O3. The Kier molecular flexibility index (Phi) is 2.86. The molecule has 98 valence electrons. The molecule has 0 aromatic rings. The summed E-state index contributed by atoms with van der Waals surface area (Å²) in [6, 6.07) is -0.143. The van der Waals surface area contributed by atoms with Gasteiger partial charge in [0.05, 0.1) is 6.10 Å². The molecular weight excluding hydrogens is 220 g/mol. The Morgan fingerprint density at radius 1 is 1.41 bits per heavy atom. The lowest BCUT2D eigenvalue weighted by atomic mass is 9.78. The summed E-state index contributed by atoms with van der Waals surface area (Å²) < 4.78 is 5.29. The van der Waals surface area contributed by atoms with Gasteiger partial charge in [0.1, 0.15) is 5.60 Å². The molecule has 17 heavy (non-hydrogen) atoms. The van der Waals surface area contributed by atoms with Gasteiger partial charge in [0, 0.05) is 24.5 Å². The van der Waals surface area contributed by atoms with Gasteiger partial charge in [-0.3, -0.25) is 0 Å². The molecule has 0 radical (unpaired) electrons. The van der Waals surface area contributed by atoms with E-state index in [1.165, 1.54) is 0 Å². The van der Waals surface area contributed by atoms with Crippen LogP contribution >= 0.6 is 0 Å². The molecule has 5 nitrogen and oxygen atoms in total. The Labute approximate surface area is 102 Å². The molecule has 5 heteroatoms. The van der Waals surface area contributed by atoms with Crippen LogP contribution in [0.25, 0.3) is 0 Å². The van der Waals surface area contributed by atoms with E-state index < -0.39 is 11.7 Å². The van der Waals surface area contributed by atoms with Crippen LogP contribution in [0, 0.1) is 5.41 Å². The SMILES string of the molecule is CC(C)(C)OC(=O)N1CC2(C[C@H](N)[C@@H](O)C2)C1. The van der Waals surface area contributed by atoms with Crippen molar-refractivity contribution in [3.05, 3.63) is 0 Å². The molecule has 1 saturated heterocycles. The number of likely N-dealkylation sites (tertiary alicyclic amines) is 1. The van der Waals surface area contributed by atoms with E-state index in [0.717, 1.165) is 6.42 Å². The Hall–Kier alpha value is -0.810. The van der Waals surface area contributed by atoms with Crippen LogP contribution < -0.4 is 5.73 Å². The number of nitrogens with zero attached hydrogens (tertiary/aromatic N) is 1. The smallest absolute Gasteiger partial charge is 0.410 e. The van der Waals surface area contributed by atoms with Crippen molar-refractivity contribution in [3.8, 4) is 0 Å². The van der Waals surface area contributed by atoms with Gasteiger partial charge in [-0.25, -0.2) is 4.79 Å². The Morgan fingerprint density at radius 3 is 2.41 bits per heavy atom. The van der Waals surface area contributed by atoms with Gasteiger partial charge in [-0.2, -0.15) is 0 Å². The van der Waals surface area contributed by atoms with Gasteiger partial charge in [0.25, 0.3) is 0 Å². The van der Waals surface area contributed by atoms with Crippen LogP contribution in [-0.2, 0) is 4.74 Å². The van der Waals surface area contributed by atoms with E-state index in [0.29, 0.717) is 19.5 Å². The van der Waals surface area contributed by atoms with E-state index in [1.54, 1.807) is 4.90 Å². The number of carbonyl (C=O) groups excluding carboxylic acids is 1. The summed E-state index contributed by atoms with van der Waals surface area (Å²) in [5, 5.41) is 9.65. The van der Waals surface area contributed by atoms with Crippen LogP contribution in [0.2, 0.25) is 0 Å². The summed E-state index contributed by atoms with van der Waals surface area (Å²) >= 11 is 0. The molecule has 0 unspecified atom stereocenters. The van der Waals surface area contributed by atoms with Crippen molar-refractivity contribution in [2.45, 2.75) is 51.4 Å². The molecule has 0 aromatic heterocycles. The summed E-state index contributed by atoms with van der Waals surface area (Å²) in [5.74, 6) is 0. The fraction of sp³-hybridized carbons (Fsp3) is 0.917. The first kappa shape index (κ1) is 12.6. The number of amides is 1. The zero-order valence-electron chi connectivity index (χ0n) is 10.8. The number of rotatable bonds is 0. The van der Waals surface area contributed by atoms with Gasteiger partial charge in [0.15, 0.2) is 0 Å². The van der Waals surface area contributed by atoms with E-state index in [9.17, 15) is 9.90 Å². The van der Waals surface area contributed by atoms with E-state index in [1.807, 2.05) is 20.8 Å². The highest BCUT2D eigenvalue weighted by Crippen LogP contribution is 2.45. The fourth-order valence-electron chi connectivity index (χ4n) is 2.79. The van der Waals surface area contributed by atoms with Gasteiger partial charge in [-0.1, -0.05) is 0 Å². The summed E-state index contributed by atoms with van der Waals surface area (Å²) in [6.07, 6.45) is 0.815. The molecule has 0 bridgehead atoms. The molecule has 3 N–H and O–H groups in total. The van der Waals surface area contributed by atoms with E-state index >= 15 is 0 Å². The number of ether oxygens (including phenoxy) is 1.